The minimum absolute atomic E-state index is 0.0937. The van der Waals surface area contributed by atoms with E-state index in [9.17, 15) is 9.90 Å². The van der Waals surface area contributed by atoms with Crippen LogP contribution < -0.4 is 0 Å². The lowest BCUT2D eigenvalue weighted by Gasteiger charge is -2.30. The van der Waals surface area contributed by atoms with Gasteiger partial charge in [0.15, 0.2) is 0 Å². The summed E-state index contributed by atoms with van der Waals surface area (Å²) in [6.45, 7) is 8.82. The van der Waals surface area contributed by atoms with E-state index in [1.165, 1.54) is 0 Å². The molecule has 0 amide bonds. The first kappa shape index (κ1) is 14.1. The number of carboxylic acid groups (broad SMARTS) is 1. The molecule has 1 fully saturated rings. The highest BCUT2D eigenvalue weighted by atomic mass is 16.4. The van der Waals surface area contributed by atoms with Crippen molar-refractivity contribution < 1.29 is 9.90 Å². The molecule has 112 valence electrons. The van der Waals surface area contributed by atoms with E-state index in [2.05, 4.69) is 32.3 Å². The second kappa shape index (κ2) is 4.58. The Hall–Kier alpha value is -1.84. The van der Waals surface area contributed by atoms with Crippen molar-refractivity contribution in [2.45, 2.75) is 52.5 Å². The first-order valence-corrected chi connectivity index (χ1v) is 7.55. The molecular weight excluding hydrogens is 264 g/mol. The van der Waals surface area contributed by atoms with Crippen LogP contribution in [-0.4, -0.2) is 20.6 Å². The molecule has 0 spiro atoms. The average molecular weight is 286 g/mol. The van der Waals surface area contributed by atoms with Gasteiger partial charge in [0, 0.05) is 12.0 Å². The molecule has 0 saturated heterocycles. The Morgan fingerprint density at radius 3 is 2.57 bits per heavy atom. The SMILES string of the molecule is CC(n1c(C2CC2)nc2c(C(=O)O)cccc21)C(C)(C)C. The van der Waals surface area contributed by atoms with Crippen LogP contribution in [0.3, 0.4) is 0 Å². The van der Waals surface area contributed by atoms with Crippen LogP contribution in [0.2, 0.25) is 0 Å². The minimum atomic E-state index is -0.906. The van der Waals surface area contributed by atoms with Crippen molar-refractivity contribution in [3.8, 4) is 0 Å². The Labute approximate surface area is 124 Å². The Morgan fingerprint density at radius 2 is 2.05 bits per heavy atom. The highest BCUT2D eigenvalue weighted by Crippen LogP contribution is 2.44. The number of hydrogen-bond donors (Lipinski definition) is 1. The average Bonchev–Trinajstić information content (AvgIpc) is 3.16. The maximum atomic E-state index is 11.4. The molecule has 4 nitrogen and oxygen atoms in total. The molecule has 2 aromatic rings. The lowest BCUT2D eigenvalue weighted by molar-refractivity contribution is 0.0699. The molecule has 1 aromatic carbocycles. The Kier molecular flexibility index (Phi) is 3.08. The van der Waals surface area contributed by atoms with Gasteiger partial charge in [-0.15, -0.1) is 0 Å². The van der Waals surface area contributed by atoms with E-state index in [0.29, 0.717) is 17.0 Å². The van der Waals surface area contributed by atoms with E-state index in [1.807, 2.05) is 12.1 Å². The molecule has 1 heterocycles. The third-order valence-electron chi connectivity index (χ3n) is 4.56. The summed E-state index contributed by atoms with van der Waals surface area (Å²) in [7, 11) is 0. The summed E-state index contributed by atoms with van der Waals surface area (Å²) in [4.78, 5) is 16.2. The third-order valence-corrected chi connectivity index (χ3v) is 4.56. The number of para-hydroxylation sites is 1. The molecule has 3 rings (SSSR count). The van der Waals surface area contributed by atoms with Crippen molar-refractivity contribution in [3.63, 3.8) is 0 Å². The van der Waals surface area contributed by atoms with Crippen molar-refractivity contribution in [3.05, 3.63) is 29.6 Å². The molecule has 1 N–H and O–H groups in total. The lowest BCUT2D eigenvalue weighted by Crippen LogP contribution is -2.23. The van der Waals surface area contributed by atoms with Gasteiger partial charge in [0.1, 0.15) is 11.3 Å². The van der Waals surface area contributed by atoms with Crippen LogP contribution in [0.25, 0.3) is 11.0 Å². The number of fused-ring (bicyclic) bond motifs is 1. The van der Waals surface area contributed by atoms with E-state index in [0.717, 1.165) is 24.2 Å². The van der Waals surface area contributed by atoms with Gasteiger partial charge in [-0.2, -0.15) is 0 Å². The first-order valence-electron chi connectivity index (χ1n) is 7.55. The zero-order chi connectivity index (χ0) is 15.4. The summed E-state index contributed by atoms with van der Waals surface area (Å²) in [5, 5.41) is 9.39. The van der Waals surface area contributed by atoms with Crippen LogP contribution in [0.5, 0.6) is 0 Å². The number of carboxylic acids is 1. The van der Waals surface area contributed by atoms with E-state index in [1.54, 1.807) is 6.07 Å². The fraction of sp³-hybridized carbons (Fsp3) is 0.529. The molecule has 1 atom stereocenters. The second-order valence-electron chi connectivity index (χ2n) is 7.13. The quantitative estimate of drug-likeness (QED) is 0.919. The van der Waals surface area contributed by atoms with Gasteiger partial charge in [-0.1, -0.05) is 26.8 Å². The van der Waals surface area contributed by atoms with Crippen LogP contribution in [0.15, 0.2) is 18.2 Å². The smallest absolute Gasteiger partial charge is 0.337 e. The normalized spacial score (nSPS) is 17.1. The molecule has 0 aliphatic heterocycles. The van der Waals surface area contributed by atoms with Gasteiger partial charge in [0.05, 0.1) is 11.1 Å². The van der Waals surface area contributed by atoms with Gasteiger partial charge in [-0.3, -0.25) is 0 Å². The largest absolute Gasteiger partial charge is 0.478 e. The van der Waals surface area contributed by atoms with Gasteiger partial charge in [-0.05, 0) is 37.3 Å². The highest BCUT2D eigenvalue weighted by molar-refractivity contribution is 6.01. The third kappa shape index (κ3) is 2.33. The van der Waals surface area contributed by atoms with Crippen LogP contribution in [0.4, 0.5) is 0 Å². The number of nitrogens with zero attached hydrogens (tertiary/aromatic N) is 2. The lowest BCUT2D eigenvalue weighted by atomic mass is 9.87. The number of carbonyl (C=O) groups is 1. The molecule has 1 aliphatic carbocycles. The molecule has 4 heteroatoms. The van der Waals surface area contributed by atoms with E-state index in [-0.39, 0.29) is 11.5 Å². The number of hydrogen-bond acceptors (Lipinski definition) is 2. The molecule has 0 radical (unpaired) electrons. The van der Waals surface area contributed by atoms with Crippen LogP contribution in [0, 0.1) is 5.41 Å². The van der Waals surface area contributed by atoms with Crippen molar-refractivity contribution >= 4 is 17.0 Å². The molecule has 21 heavy (non-hydrogen) atoms. The van der Waals surface area contributed by atoms with Gasteiger partial charge >= 0.3 is 5.97 Å². The van der Waals surface area contributed by atoms with Crippen LogP contribution in [0.1, 0.15) is 68.7 Å². The van der Waals surface area contributed by atoms with E-state index < -0.39 is 5.97 Å². The highest BCUT2D eigenvalue weighted by Gasteiger charge is 2.34. The second-order valence-corrected chi connectivity index (χ2v) is 7.13. The zero-order valence-electron chi connectivity index (χ0n) is 13.1. The first-order chi connectivity index (χ1) is 9.80. The number of rotatable bonds is 3. The summed E-state index contributed by atoms with van der Waals surface area (Å²) >= 11 is 0. The van der Waals surface area contributed by atoms with Crippen molar-refractivity contribution in [1.82, 2.24) is 9.55 Å². The zero-order valence-corrected chi connectivity index (χ0v) is 13.1. The summed E-state index contributed by atoms with van der Waals surface area (Å²) < 4.78 is 2.26. The van der Waals surface area contributed by atoms with Gasteiger partial charge in [0.25, 0.3) is 0 Å². The van der Waals surface area contributed by atoms with Crippen molar-refractivity contribution in [2.24, 2.45) is 5.41 Å². The van der Waals surface area contributed by atoms with Gasteiger partial charge < -0.3 is 9.67 Å². The Bertz CT molecular complexity index is 705. The summed E-state index contributed by atoms with van der Waals surface area (Å²) in [5.41, 5.74) is 1.97. The fourth-order valence-corrected chi connectivity index (χ4v) is 2.73. The maximum Gasteiger partial charge on any atom is 0.337 e. The van der Waals surface area contributed by atoms with Gasteiger partial charge in [-0.25, -0.2) is 9.78 Å². The van der Waals surface area contributed by atoms with Crippen molar-refractivity contribution in [1.29, 1.82) is 0 Å². The number of aromatic nitrogens is 2. The molecule has 1 saturated carbocycles. The molecular formula is C17H22N2O2. The van der Waals surface area contributed by atoms with Crippen molar-refractivity contribution in [2.75, 3.05) is 0 Å². The topological polar surface area (TPSA) is 55.1 Å². The number of benzene rings is 1. The predicted octanol–water partition coefficient (Wildman–Crippen LogP) is 4.22. The Morgan fingerprint density at radius 1 is 1.38 bits per heavy atom. The van der Waals surface area contributed by atoms with Gasteiger partial charge in [0.2, 0.25) is 0 Å². The van der Waals surface area contributed by atoms with E-state index >= 15 is 0 Å². The summed E-state index contributed by atoms with van der Waals surface area (Å²) in [6.07, 6.45) is 2.31. The standard InChI is InChI=1S/C17H22N2O2/c1-10(17(2,3)4)19-13-7-5-6-12(16(20)21)14(13)18-15(19)11-8-9-11/h5-7,10-11H,8-9H2,1-4H3,(H,20,21). The van der Waals surface area contributed by atoms with E-state index in [4.69, 9.17) is 4.98 Å². The maximum absolute atomic E-state index is 11.4. The predicted molar refractivity (Wildman–Crippen MR) is 82.8 cm³/mol. The Balaban J connectivity index is 2.28. The number of aromatic carboxylic acids is 1. The van der Waals surface area contributed by atoms with Crippen LogP contribution >= 0.6 is 0 Å². The molecule has 1 aromatic heterocycles. The monoisotopic (exact) mass is 286 g/mol. The van der Waals surface area contributed by atoms with Crippen LogP contribution in [-0.2, 0) is 0 Å². The summed E-state index contributed by atoms with van der Waals surface area (Å²) in [6, 6.07) is 5.71. The molecule has 1 unspecified atom stereocenters. The minimum Gasteiger partial charge on any atom is -0.478 e. The fourth-order valence-electron chi connectivity index (χ4n) is 2.73. The summed E-state index contributed by atoms with van der Waals surface area (Å²) in [5.74, 6) is 0.640. The molecule has 1 aliphatic rings. The number of imidazole rings is 1. The molecule has 0 bridgehead atoms.